The molecule has 144 valence electrons. The summed E-state index contributed by atoms with van der Waals surface area (Å²) in [7, 11) is 0. The Bertz CT molecular complexity index is 1130. The van der Waals surface area contributed by atoms with Crippen molar-refractivity contribution in [1.82, 2.24) is 0 Å². The summed E-state index contributed by atoms with van der Waals surface area (Å²) < 4.78 is 14.2. The number of benzene rings is 3. The molecule has 0 fully saturated rings. The lowest BCUT2D eigenvalue weighted by Gasteiger charge is -2.25. The predicted octanol–water partition coefficient (Wildman–Crippen LogP) is 4.72. The molecule has 0 spiro atoms. The van der Waals surface area contributed by atoms with Crippen LogP contribution < -0.4 is 9.80 Å². The van der Waals surface area contributed by atoms with Crippen LogP contribution in [0.15, 0.2) is 72.8 Å². The Labute approximate surface area is 170 Å². The van der Waals surface area contributed by atoms with Crippen molar-refractivity contribution in [2.75, 3.05) is 9.80 Å². The van der Waals surface area contributed by atoms with E-state index in [1.165, 1.54) is 41.3 Å². The molecule has 4 rings (SSSR count). The van der Waals surface area contributed by atoms with Gasteiger partial charge in [0, 0.05) is 10.7 Å². The molecule has 0 atom stereocenters. The van der Waals surface area contributed by atoms with E-state index in [9.17, 15) is 18.8 Å². The maximum absolute atomic E-state index is 14.2. The van der Waals surface area contributed by atoms with Crippen LogP contribution in [0.25, 0.3) is 0 Å². The van der Waals surface area contributed by atoms with Gasteiger partial charge in [-0.3, -0.25) is 19.3 Å². The van der Waals surface area contributed by atoms with Crippen molar-refractivity contribution in [2.45, 2.75) is 6.42 Å². The number of nitrogens with zero attached hydrogens (tertiary/aromatic N) is 2. The summed E-state index contributed by atoms with van der Waals surface area (Å²) in [5.41, 5.74) is 0.683. The molecule has 7 heteroatoms. The number of hydrogen-bond acceptors (Lipinski definition) is 3. The minimum atomic E-state index is -0.848. The smallest absolute Gasteiger partial charge is 0.268 e. The standard InChI is InChI=1S/C22H14ClFN2O3/c23-14-10-11-18-19(12-14)25(15-6-2-1-3-7-15)20(27)13-21(28)26(18)22(29)16-8-4-5-9-17(16)24/h1-12H,13H2. The first kappa shape index (κ1) is 18.8. The molecule has 0 unspecified atom stereocenters. The van der Waals surface area contributed by atoms with Crippen LogP contribution in [0.2, 0.25) is 5.02 Å². The first-order chi connectivity index (χ1) is 14.0. The van der Waals surface area contributed by atoms with E-state index in [4.69, 9.17) is 11.6 Å². The third-order valence-corrected chi connectivity index (χ3v) is 4.78. The molecule has 5 nitrogen and oxygen atoms in total. The number of para-hydroxylation sites is 1. The first-order valence-electron chi connectivity index (χ1n) is 8.77. The van der Waals surface area contributed by atoms with E-state index in [1.54, 1.807) is 30.3 Å². The highest BCUT2D eigenvalue weighted by atomic mass is 35.5. The Balaban J connectivity index is 1.92. The number of amides is 3. The zero-order valence-corrected chi connectivity index (χ0v) is 15.8. The Morgan fingerprint density at radius 2 is 1.55 bits per heavy atom. The summed E-state index contributed by atoms with van der Waals surface area (Å²) in [5, 5.41) is 0.324. The molecular weight excluding hydrogens is 395 g/mol. The van der Waals surface area contributed by atoms with E-state index < -0.39 is 30.0 Å². The predicted molar refractivity (Wildman–Crippen MR) is 108 cm³/mol. The van der Waals surface area contributed by atoms with Crippen LogP contribution in [0.5, 0.6) is 0 Å². The number of carbonyl (C=O) groups excluding carboxylic acids is 3. The normalized spacial score (nSPS) is 13.9. The van der Waals surface area contributed by atoms with E-state index in [0.717, 1.165) is 11.0 Å². The summed E-state index contributed by atoms with van der Waals surface area (Å²) in [5.74, 6) is -2.87. The third-order valence-electron chi connectivity index (χ3n) is 4.54. The number of anilines is 3. The lowest BCUT2D eigenvalue weighted by molar-refractivity contribution is -0.125. The summed E-state index contributed by atoms with van der Waals surface area (Å²) in [6.07, 6.45) is -0.554. The van der Waals surface area contributed by atoms with Gasteiger partial charge in [0.25, 0.3) is 5.91 Å². The van der Waals surface area contributed by atoms with Gasteiger partial charge in [-0.05, 0) is 42.5 Å². The van der Waals surface area contributed by atoms with Crippen LogP contribution in [-0.4, -0.2) is 17.7 Å². The summed E-state index contributed by atoms with van der Waals surface area (Å²) >= 11 is 6.15. The van der Waals surface area contributed by atoms with E-state index in [-0.39, 0.29) is 16.9 Å². The highest BCUT2D eigenvalue weighted by molar-refractivity contribution is 6.33. The zero-order chi connectivity index (χ0) is 20.5. The fourth-order valence-corrected chi connectivity index (χ4v) is 3.43. The number of hydrogen-bond donors (Lipinski definition) is 0. The van der Waals surface area contributed by atoms with E-state index in [1.807, 2.05) is 0 Å². The maximum Gasteiger partial charge on any atom is 0.268 e. The second-order valence-corrected chi connectivity index (χ2v) is 6.83. The number of halogens is 2. The zero-order valence-electron chi connectivity index (χ0n) is 15.0. The molecular formula is C22H14ClFN2O3. The Kier molecular flexibility index (Phi) is 4.86. The molecule has 1 aliphatic heterocycles. The Morgan fingerprint density at radius 3 is 2.28 bits per heavy atom. The van der Waals surface area contributed by atoms with Crippen molar-refractivity contribution in [1.29, 1.82) is 0 Å². The van der Waals surface area contributed by atoms with Gasteiger partial charge in [0.15, 0.2) is 0 Å². The van der Waals surface area contributed by atoms with E-state index in [2.05, 4.69) is 0 Å². The minimum absolute atomic E-state index is 0.155. The molecule has 0 saturated heterocycles. The van der Waals surface area contributed by atoms with Crippen LogP contribution >= 0.6 is 11.6 Å². The molecule has 3 aromatic rings. The van der Waals surface area contributed by atoms with Crippen molar-refractivity contribution in [3.63, 3.8) is 0 Å². The molecule has 0 saturated carbocycles. The molecule has 0 radical (unpaired) electrons. The number of fused-ring (bicyclic) bond motifs is 1. The van der Waals surface area contributed by atoms with Gasteiger partial charge in [-0.15, -0.1) is 0 Å². The lowest BCUT2D eigenvalue weighted by Crippen LogP contribution is -2.37. The van der Waals surface area contributed by atoms with E-state index >= 15 is 0 Å². The molecule has 3 aromatic carbocycles. The summed E-state index contributed by atoms with van der Waals surface area (Å²) in [6, 6.07) is 18.6. The Hall–Kier alpha value is -3.51. The molecule has 0 aliphatic carbocycles. The van der Waals surface area contributed by atoms with Crippen LogP contribution in [-0.2, 0) is 9.59 Å². The molecule has 0 bridgehead atoms. The van der Waals surface area contributed by atoms with Gasteiger partial charge in [-0.2, -0.15) is 0 Å². The number of carbonyl (C=O) groups is 3. The largest absolute Gasteiger partial charge is 0.278 e. The maximum atomic E-state index is 14.2. The molecule has 0 aromatic heterocycles. The molecule has 0 N–H and O–H groups in total. The SMILES string of the molecule is O=C1CC(=O)N(c2ccccc2)c2cc(Cl)ccc2N1C(=O)c1ccccc1F. The van der Waals surface area contributed by atoms with Crippen molar-refractivity contribution in [3.8, 4) is 0 Å². The van der Waals surface area contributed by atoms with Crippen molar-refractivity contribution < 1.29 is 18.8 Å². The quantitative estimate of drug-likeness (QED) is 0.455. The highest BCUT2D eigenvalue weighted by Gasteiger charge is 2.36. The molecule has 1 aliphatic rings. The van der Waals surface area contributed by atoms with Gasteiger partial charge >= 0.3 is 0 Å². The van der Waals surface area contributed by atoms with Gasteiger partial charge in [-0.1, -0.05) is 41.9 Å². The van der Waals surface area contributed by atoms with Gasteiger partial charge in [-0.25, -0.2) is 9.29 Å². The van der Waals surface area contributed by atoms with Crippen LogP contribution in [0, 0.1) is 5.82 Å². The first-order valence-corrected chi connectivity index (χ1v) is 9.14. The van der Waals surface area contributed by atoms with Gasteiger partial charge in [0.2, 0.25) is 11.8 Å². The highest BCUT2D eigenvalue weighted by Crippen LogP contribution is 2.40. The summed E-state index contributed by atoms with van der Waals surface area (Å²) in [4.78, 5) is 41.1. The van der Waals surface area contributed by atoms with Gasteiger partial charge in [0.05, 0.1) is 16.9 Å². The van der Waals surface area contributed by atoms with Crippen molar-refractivity contribution >= 4 is 46.4 Å². The van der Waals surface area contributed by atoms with Crippen LogP contribution in [0.1, 0.15) is 16.8 Å². The summed E-state index contributed by atoms with van der Waals surface area (Å²) in [6.45, 7) is 0. The van der Waals surface area contributed by atoms with Gasteiger partial charge in [0.1, 0.15) is 12.2 Å². The lowest BCUT2D eigenvalue weighted by atomic mass is 10.1. The number of imide groups is 1. The second-order valence-electron chi connectivity index (χ2n) is 6.39. The topological polar surface area (TPSA) is 57.7 Å². The third kappa shape index (κ3) is 3.39. The average molecular weight is 409 g/mol. The monoisotopic (exact) mass is 408 g/mol. The van der Waals surface area contributed by atoms with Gasteiger partial charge < -0.3 is 0 Å². The average Bonchev–Trinajstić information content (AvgIpc) is 2.81. The molecule has 1 heterocycles. The van der Waals surface area contributed by atoms with Crippen molar-refractivity contribution in [2.24, 2.45) is 0 Å². The fraction of sp³-hybridized carbons (Fsp3) is 0.0455. The van der Waals surface area contributed by atoms with E-state index in [0.29, 0.717) is 10.7 Å². The van der Waals surface area contributed by atoms with Crippen molar-refractivity contribution in [3.05, 3.63) is 89.2 Å². The second kappa shape index (κ2) is 7.48. The molecule has 29 heavy (non-hydrogen) atoms. The minimum Gasteiger partial charge on any atom is -0.278 e. The fourth-order valence-electron chi connectivity index (χ4n) is 3.26. The van der Waals surface area contributed by atoms with Crippen LogP contribution in [0.3, 0.4) is 0 Å². The van der Waals surface area contributed by atoms with Crippen LogP contribution in [0.4, 0.5) is 21.5 Å². The molecule has 3 amide bonds. The number of rotatable bonds is 2. The Morgan fingerprint density at radius 1 is 0.862 bits per heavy atom.